The highest BCUT2D eigenvalue weighted by molar-refractivity contribution is 7.77. The number of hydrogen-bond acceptors (Lipinski definition) is 8. The highest BCUT2D eigenvalue weighted by Gasteiger charge is 2.27. The van der Waals surface area contributed by atoms with Crippen molar-refractivity contribution < 1.29 is 23.0 Å². The Morgan fingerprint density at radius 3 is 2.83 bits per heavy atom. The second-order valence-corrected chi connectivity index (χ2v) is 9.08. The highest BCUT2D eigenvalue weighted by Crippen LogP contribution is 2.44. The van der Waals surface area contributed by atoms with Crippen molar-refractivity contribution in [1.29, 1.82) is 0 Å². The van der Waals surface area contributed by atoms with Gasteiger partial charge in [-0.2, -0.15) is 0 Å². The summed E-state index contributed by atoms with van der Waals surface area (Å²) in [5, 5.41) is 3.22. The van der Waals surface area contributed by atoms with Gasteiger partial charge in [0, 0.05) is 71.0 Å². The summed E-state index contributed by atoms with van der Waals surface area (Å²) in [5.74, 6) is 1.80. The van der Waals surface area contributed by atoms with Gasteiger partial charge in [-0.25, -0.2) is 14.7 Å². The van der Waals surface area contributed by atoms with Gasteiger partial charge in [0.15, 0.2) is 0 Å². The van der Waals surface area contributed by atoms with Crippen molar-refractivity contribution in [2.24, 2.45) is 0 Å². The van der Waals surface area contributed by atoms with Crippen LogP contribution in [0.3, 0.4) is 0 Å². The van der Waals surface area contributed by atoms with E-state index in [1.54, 1.807) is 23.4 Å². The predicted octanol–water partition coefficient (Wildman–Crippen LogP) is 3.36. The summed E-state index contributed by atoms with van der Waals surface area (Å²) in [7, 11) is 1.48. The lowest BCUT2D eigenvalue weighted by Gasteiger charge is -2.28. The van der Waals surface area contributed by atoms with Crippen LogP contribution >= 0.6 is 0 Å². The standard InChI is InChI=1S/C24H25N5O5S/c1-14-19-10-22(28-16-8-15(11-27-35(31)32)24(33-2)26-12-16)25-13-20(19)18-6-5-17(9-21(18)34-14)29-7-3-4-23(29)30/h5-6,8-10,12-14,27H,3-4,7,11H2,1-2H3,(H,25,28)(H,31,32)/p-1. The lowest BCUT2D eigenvalue weighted by molar-refractivity contribution is -0.117. The molecule has 1 aromatic carbocycles. The molecular weight excluding hydrogens is 470 g/mol. The first-order valence-corrected chi connectivity index (χ1v) is 12.2. The number of methoxy groups -OCH3 is 1. The maximum absolute atomic E-state index is 12.1. The van der Waals surface area contributed by atoms with Gasteiger partial charge >= 0.3 is 0 Å². The highest BCUT2D eigenvalue weighted by atomic mass is 32.2. The van der Waals surface area contributed by atoms with E-state index >= 15 is 0 Å². The van der Waals surface area contributed by atoms with Crippen LogP contribution in [-0.2, 0) is 22.6 Å². The monoisotopic (exact) mass is 494 g/mol. The van der Waals surface area contributed by atoms with E-state index in [4.69, 9.17) is 9.47 Å². The van der Waals surface area contributed by atoms with Gasteiger partial charge in [0.1, 0.15) is 17.7 Å². The molecule has 2 aliphatic rings. The third-order valence-electron chi connectivity index (χ3n) is 6.09. The number of rotatable bonds is 7. The van der Waals surface area contributed by atoms with Crippen molar-refractivity contribution in [2.45, 2.75) is 32.4 Å². The third kappa shape index (κ3) is 4.70. The summed E-state index contributed by atoms with van der Waals surface area (Å²) in [4.78, 5) is 22.8. The molecule has 4 heterocycles. The van der Waals surface area contributed by atoms with Crippen LogP contribution in [0.1, 0.15) is 37.0 Å². The van der Waals surface area contributed by atoms with E-state index in [0.717, 1.165) is 41.1 Å². The molecule has 2 aliphatic heterocycles. The van der Waals surface area contributed by atoms with Crippen molar-refractivity contribution in [2.75, 3.05) is 23.9 Å². The minimum atomic E-state index is -2.40. The molecule has 2 atom stereocenters. The average molecular weight is 495 g/mol. The molecule has 3 aromatic rings. The lowest BCUT2D eigenvalue weighted by Crippen LogP contribution is -2.24. The number of anilines is 3. The van der Waals surface area contributed by atoms with Crippen LogP contribution in [0.2, 0.25) is 0 Å². The molecule has 2 aromatic heterocycles. The first-order valence-electron chi connectivity index (χ1n) is 11.2. The molecule has 11 heteroatoms. The summed E-state index contributed by atoms with van der Waals surface area (Å²) in [6.45, 7) is 2.75. The van der Waals surface area contributed by atoms with Gasteiger partial charge in [-0.3, -0.25) is 9.00 Å². The van der Waals surface area contributed by atoms with Crippen LogP contribution in [0, 0.1) is 0 Å². The molecular formula is C24H24N5O5S-. The zero-order valence-corrected chi connectivity index (χ0v) is 20.1. The Labute approximate surface area is 205 Å². The molecule has 1 amide bonds. The normalized spacial score (nSPS) is 17.4. The largest absolute Gasteiger partial charge is 0.760 e. The zero-order chi connectivity index (χ0) is 24.5. The van der Waals surface area contributed by atoms with E-state index in [1.165, 1.54) is 7.11 Å². The summed E-state index contributed by atoms with van der Waals surface area (Å²) in [6.07, 6.45) is 4.63. The average Bonchev–Trinajstić information content (AvgIpc) is 3.28. The number of carbonyl (C=O) groups excluding carboxylic acids is 1. The number of pyridine rings is 2. The molecule has 35 heavy (non-hydrogen) atoms. The lowest BCUT2D eigenvalue weighted by atomic mass is 9.94. The molecule has 182 valence electrons. The van der Waals surface area contributed by atoms with Crippen molar-refractivity contribution in [3.05, 3.63) is 53.9 Å². The minimum Gasteiger partial charge on any atom is -0.760 e. The predicted molar refractivity (Wildman–Crippen MR) is 130 cm³/mol. The Balaban J connectivity index is 1.41. The van der Waals surface area contributed by atoms with Gasteiger partial charge < -0.3 is 24.2 Å². The quantitative estimate of drug-likeness (QED) is 0.479. The molecule has 5 rings (SSSR count). The fourth-order valence-corrected chi connectivity index (χ4v) is 4.71. The van der Waals surface area contributed by atoms with Crippen LogP contribution < -0.4 is 24.4 Å². The number of ether oxygens (including phenoxy) is 2. The SMILES string of the molecule is COc1ncc(Nc2cc3c(cn2)-c2ccc(N4CCCC4=O)cc2OC3C)cc1CNS(=O)[O-]. The van der Waals surface area contributed by atoms with Crippen LogP contribution in [0.25, 0.3) is 11.1 Å². The Kier molecular flexibility index (Phi) is 6.37. The van der Waals surface area contributed by atoms with Crippen LogP contribution in [-0.4, -0.2) is 38.3 Å². The maximum Gasteiger partial charge on any atom is 0.227 e. The van der Waals surface area contributed by atoms with E-state index in [2.05, 4.69) is 20.0 Å². The first kappa shape index (κ1) is 23.2. The van der Waals surface area contributed by atoms with Gasteiger partial charge in [0.05, 0.1) is 19.0 Å². The Morgan fingerprint density at radius 1 is 1.23 bits per heavy atom. The number of nitrogens with one attached hydrogen (secondary N) is 2. The molecule has 0 bridgehead atoms. The summed E-state index contributed by atoms with van der Waals surface area (Å²) >= 11 is -2.40. The molecule has 0 saturated carbocycles. The number of fused-ring (bicyclic) bond motifs is 3. The molecule has 0 spiro atoms. The smallest absolute Gasteiger partial charge is 0.227 e. The van der Waals surface area contributed by atoms with Gasteiger partial charge in [0.25, 0.3) is 0 Å². The Hall–Kier alpha value is -3.54. The summed E-state index contributed by atoms with van der Waals surface area (Å²) in [5.41, 5.74) is 4.95. The fourth-order valence-electron chi connectivity index (χ4n) is 4.44. The number of amides is 1. The van der Waals surface area contributed by atoms with E-state index in [-0.39, 0.29) is 18.6 Å². The second-order valence-electron chi connectivity index (χ2n) is 8.32. The van der Waals surface area contributed by atoms with Crippen molar-refractivity contribution in [1.82, 2.24) is 14.7 Å². The number of carbonyl (C=O) groups is 1. The Morgan fingerprint density at radius 2 is 2.09 bits per heavy atom. The number of nitrogens with zero attached hydrogens (tertiary/aromatic N) is 3. The Bertz CT molecular complexity index is 1320. The first-order chi connectivity index (χ1) is 16.9. The van der Waals surface area contributed by atoms with Crippen LogP contribution in [0.4, 0.5) is 17.2 Å². The van der Waals surface area contributed by atoms with Gasteiger partial charge in [-0.05, 0) is 37.6 Å². The fraction of sp³-hybridized carbons (Fsp3) is 0.292. The number of hydrogen-bond donors (Lipinski definition) is 2. The summed E-state index contributed by atoms with van der Waals surface area (Å²) < 4.78 is 35.5. The van der Waals surface area contributed by atoms with Gasteiger partial charge in [-0.1, -0.05) is 0 Å². The maximum atomic E-state index is 12.1. The minimum absolute atomic E-state index is 0.0477. The molecule has 2 unspecified atom stereocenters. The summed E-state index contributed by atoms with van der Waals surface area (Å²) in [6, 6.07) is 9.53. The van der Waals surface area contributed by atoms with E-state index in [9.17, 15) is 13.6 Å². The molecule has 10 nitrogen and oxygen atoms in total. The number of aromatic nitrogens is 2. The molecule has 0 aliphatic carbocycles. The second kappa shape index (κ2) is 9.61. The van der Waals surface area contributed by atoms with Crippen LogP contribution in [0.15, 0.2) is 42.7 Å². The third-order valence-corrected chi connectivity index (χ3v) is 6.47. The topological polar surface area (TPSA) is 129 Å². The van der Waals surface area contributed by atoms with Gasteiger partial charge in [0.2, 0.25) is 11.8 Å². The van der Waals surface area contributed by atoms with E-state index in [0.29, 0.717) is 29.4 Å². The molecule has 1 saturated heterocycles. The van der Waals surface area contributed by atoms with Crippen molar-refractivity contribution in [3.8, 4) is 22.8 Å². The number of benzene rings is 1. The van der Waals surface area contributed by atoms with E-state index < -0.39 is 11.3 Å². The van der Waals surface area contributed by atoms with Gasteiger partial charge in [-0.15, -0.1) is 0 Å². The van der Waals surface area contributed by atoms with Crippen molar-refractivity contribution in [3.63, 3.8) is 0 Å². The van der Waals surface area contributed by atoms with Crippen LogP contribution in [0.5, 0.6) is 11.6 Å². The van der Waals surface area contributed by atoms with Crippen molar-refractivity contribution >= 4 is 34.4 Å². The zero-order valence-electron chi connectivity index (χ0n) is 19.2. The molecule has 1 fully saturated rings. The molecule has 0 radical (unpaired) electrons. The van der Waals surface area contributed by atoms with E-state index in [1.807, 2.05) is 31.2 Å². The molecule has 2 N–H and O–H groups in total.